The first kappa shape index (κ1) is 11.7. The number of allylic oxidation sites excluding steroid dienone is 2. The molecule has 1 aromatic carbocycles. The third kappa shape index (κ3) is 2.78. The first-order valence-corrected chi connectivity index (χ1v) is 4.70. The summed E-state index contributed by atoms with van der Waals surface area (Å²) in [6, 6.07) is 10.2. The van der Waals surface area contributed by atoms with E-state index in [2.05, 4.69) is 18.2 Å². The monoisotopic (exact) mass is 202 g/mol. The highest BCUT2D eigenvalue weighted by Gasteiger charge is 2.16. The third-order valence-electron chi connectivity index (χ3n) is 2.36. The van der Waals surface area contributed by atoms with Crippen LogP contribution in [0, 0.1) is 0 Å². The fraction of sp³-hybridized carbons (Fsp3) is 0.231. The molecular formula is C13H18N2. The van der Waals surface area contributed by atoms with Gasteiger partial charge in [0.05, 0.1) is 5.66 Å². The predicted octanol–water partition coefficient (Wildman–Crippen LogP) is 2.28. The summed E-state index contributed by atoms with van der Waals surface area (Å²) in [6.45, 7) is 0. The van der Waals surface area contributed by atoms with Gasteiger partial charge in [0.25, 0.3) is 0 Å². The van der Waals surface area contributed by atoms with Crippen molar-refractivity contribution in [2.45, 2.75) is 19.5 Å². The molecule has 0 fully saturated rings. The van der Waals surface area contributed by atoms with Crippen molar-refractivity contribution in [3.63, 3.8) is 0 Å². The molecule has 1 aromatic rings. The lowest BCUT2D eigenvalue weighted by molar-refractivity contribution is 0.559. The smallest absolute Gasteiger partial charge is 0.0867 e. The van der Waals surface area contributed by atoms with Crippen LogP contribution in [0.25, 0.3) is 5.57 Å². The molecule has 0 unspecified atom stereocenters. The van der Waals surface area contributed by atoms with Crippen LogP contribution >= 0.6 is 0 Å². The van der Waals surface area contributed by atoms with Gasteiger partial charge in [-0.1, -0.05) is 49.9 Å². The lowest BCUT2D eigenvalue weighted by atomic mass is 9.94. The quantitative estimate of drug-likeness (QED) is 0.686. The minimum Gasteiger partial charge on any atom is -0.310 e. The van der Waals surface area contributed by atoms with Crippen molar-refractivity contribution in [1.29, 1.82) is 0 Å². The molecule has 0 saturated carbocycles. The first-order valence-electron chi connectivity index (χ1n) is 4.70. The minimum atomic E-state index is -0.668. The maximum Gasteiger partial charge on any atom is 0.0867 e. The van der Waals surface area contributed by atoms with Gasteiger partial charge in [-0.25, -0.2) is 0 Å². The molecule has 0 amide bonds. The molecule has 0 aliphatic heterocycles. The van der Waals surface area contributed by atoms with E-state index in [9.17, 15) is 0 Å². The Morgan fingerprint density at radius 3 is 2.27 bits per heavy atom. The van der Waals surface area contributed by atoms with Gasteiger partial charge in [0.2, 0.25) is 0 Å². The van der Waals surface area contributed by atoms with E-state index in [1.54, 1.807) is 0 Å². The van der Waals surface area contributed by atoms with Gasteiger partial charge in [-0.15, -0.1) is 0 Å². The number of benzene rings is 1. The highest BCUT2D eigenvalue weighted by Crippen LogP contribution is 2.22. The summed E-state index contributed by atoms with van der Waals surface area (Å²) in [5.74, 6) is 0. The number of rotatable bonds is 1. The van der Waals surface area contributed by atoms with Gasteiger partial charge in [0.1, 0.15) is 0 Å². The molecule has 2 rings (SSSR count). The summed E-state index contributed by atoms with van der Waals surface area (Å²) in [4.78, 5) is 0. The van der Waals surface area contributed by atoms with Crippen molar-refractivity contribution >= 4 is 5.57 Å². The molecule has 2 heteroatoms. The van der Waals surface area contributed by atoms with Crippen molar-refractivity contribution in [1.82, 2.24) is 0 Å². The fourth-order valence-corrected chi connectivity index (χ4v) is 1.51. The number of hydrogen-bond donors (Lipinski definition) is 2. The molecule has 0 heterocycles. The zero-order valence-electron chi connectivity index (χ0n) is 7.98. The highest BCUT2D eigenvalue weighted by molar-refractivity contribution is 5.75. The highest BCUT2D eigenvalue weighted by atomic mass is 14.9. The summed E-state index contributed by atoms with van der Waals surface area (Å²) < 4.78 is 0. The van der Waals surface area contributed by atoms with Crippen molar-refractivity contribution in [2.24, 2.45) is 11.5 Å². The van der Waals surface area contributed by atoms with E-state index in [1.807, 2.05) is 30.4 Å². The molecule has 1 aliphatic rings. The second kappa shape index (κ2) is 4.43. The van der Waals surface area contributed by atoms with E-state index in [0.717, 1.165) is 0 Å². The largest absolute Gasteiger partial charge is 0.310 e. The van der Waals surface area contributed by atoms with Crippen molar-refractivity contribution in [3.05, 3.63) is 54.1 Å². The third-order valence-corrected chi connectivity index (χ3v) is 2.36. The number of nitrogens with two attached hydrogens (primary N) is 2. The standard InChI is InChI=1S/C12H14N2.CH4/c13-12(14)8-6-11(7-9-12)10-4-2-1-3-5-10;/h1-8H,9,13-14H2;1H4. The zero-order valence-corrected chi connectivity index (χ0v) is 7.98. The van der Waals surface area contributed by atoms with Crippen LogP contribution in [-0.4, -0.2) is 5.66 Å². The molecule has 15 heavy (non-hydrogen) atoms. The van der Waals surface area contributed by atoms with Crippen molar-refractivity contribution in [3.8, 4) is 0 Å². The zero-order chi connectivity index (χ0) is 10.0. The molecule has 0 atom stereocenters. The molecule has 80 valence electrons. The Balaban J connectivity index is 0.00000112. The van der Waals surface area contributed by atoms with E-state index in [0.29, 0.717) is 6.42 Å². The van der Waals surface area contributed by atoms with Crippen LogP contribution < -0.4 is 11.5 Å². The Bertz CT molecular complexity index is 375. The van der Waals surface area contributed by atoms with Crippen molar-refractivity contribution in [2.75, 3.05) is 0 Å². The second-order valence-electron chi connectivity index (χ2n) is 3.68. The number of hydrogen-bond acceptors (Lipinski definition) is 2. The van der Waals surface area contributed by atoms with E-state index in [-0.39, 0.29) is 7.43 Å². The maximum absolute atomic E-state index is 5.76. The predicted molar refractivity (Wildman–Crippen MR) is 66.0 cm³/mol. The van der Waals surface area contributed by atoms with Gasteiger partial charge in [0.15, 0.2) is 0 Å². The molecule has 0 saturated heterocycles. The molecular weight excluding hydrogens is 184 g/mol. The lowest BCUT2D eigenvalue weighted by Gasteiger charge is -2.22. The van der Waals surface area contributed by atoms with Gasteiger partial charge < -0.3 is 11.5 Å². The van der Waals surface area contributed by atoms with Gasteiger partial charge in [0, 0.05) is 6.42 Å². The average molecular weight is 202 g/mol. The summed E-state index contributed by atoms with van der Waals surface area (Å²) in [7, 11) is 0. The van der Waals surface area contributed by atoms with Crippen LogP contribution in [0.1, 0.15) is 19.4 Å². The van der Waals surface area contributed by atoms with Crippen LogP contribution in [0.4, 0.5) is 0 Å². The Hall–Kier alpha value is -1.38. The van der Waals surface area contributed by atoms with Crippen LogP contribution in [-0.2, 0) is 0 Å². The Morgan fingerprint density at radius 1 is 1.07 bits per heavy atom. The Labute approximate surface area is 91.3 Å². The fourth-order valence-electron chi connectivity index (χ4n) is 1.51. The first-order chi connectivity index (χ1) is 6.67. The summed E-state index contributed by atoms with van der Waals surface area (Å²) in [5.41, 5.74) is 13.3. The molecule has 2 nitrogen and oxygen atoms in total. The van der Waals surface area contributed by atoms with Crippen LogP contribution in [0.15, 0.2) is 48.6 Å². The van der Waals surface area contributed by atoms with Gasteiger partial charge in [-0.2, -0.15) is 0 Å². The normalized spacial score (nSPS) is 17.9. The van der Waals surface area contributed by atoms with Gasteiger partial charge in [-0.05, 0) is 17.2 Å². The van der Waals surface area contributed by atoms with E-state index >= 15 is 0 Å². The van der Waals surface area contributed by atoms with Crippen LogP contribution in [0.2, 0.25) is 0 Å². The minimum absolute atomic E-state index is 0. The second-order valence-corrected chi connectivity index (χ2v) is 3.68. The summed E-state index contributed by atoms with van der Waals surface area (Å²) >= 11 is 0. The van der Waals surface area contributed by atoms with Crippen LogP contribution in [0.5, 0.6) is 0 Å². The van der Waals surface area contributed by atoms with Gasteiger partial charge in [-0.3, -0.25) is 0 Å². The SMILES string of the molecule is C.NC1(N)C=CC(c2ccccc2)=CC1. The van der Waals surface area contributed by atoms with Crippen LogP contribution in [0.3, 0.4) is 0 Å². The molecule has 1 aliphatic carbocycles. The maximum atomic E-state index is 5.76. The van der Waals surface area contributed by atoms with E-state index in [1.165, 1.54) is 11.1 Å². The molecule has 0 spiro atoms. The Morgan fingerprint density at radius 2 is 1.73 bits per heavy atom. The average Bonchev–Trinajstić information content (AvgIpc) is 2.19. The Kier molecular flexibility index (Phi) is 3.45. The van der Waals surface area contributed by atoms with Gasteiger partial charge >= 0.3 is 0 Å². The van der Waals surface area contributed by atoms with E-state index < -0.39 is 5.66 Å². The molecule has 0 radical (unpaired) electrons. The molecule has 4 N–H and O–H groups in total. The van der Waals surface area contributed by atoms with Crippen molar-refractivity contribution < 1.29 is 0 Å². The summed E-state index contributed by atoms with van der Waals surface area (Å²) in [5, 5.41) is 0. The molecule has 0 aromatic heterocycles. The summed E-state index contributed by atoms with van der Waals surface area (Å²) in [6.07, 6.45) is 6.61. The lowest BCUT2D eigenvalue weighted by Crippen LogP contribution is -2.47. The topological polar surface area (TPSA) is 52.0 Å². The molecule has 0 bridgehead atoms. The van der Waals surface area contributed by atoms with E-state index in [4.69, 9.17) is 11.5 Å².